The zero-order chi connectivity index (χ0) is 9.84. The molecule has 0 radical (unpaired) electrons. The summed E-state index contributed by atoms with van der Waals surface area (Å²) in [7, 11) is 1.62. The first-order valence-corrected chi connectivity index (χ1v) is 4.32. The molecule has 3 nitrogen and oxygen atoms in total. The van der Waals surface area contributed by atoms with Crippen LogP contribution in [0.3, 0.4) is 0 Å². The van der Waals surface area contributed by atoms with Gasteiger partial charge in [-0.05, 0) is 17.5 Å². The van der Waals surface area contributed by atoms with Crippen molar-refractivity contribution < 1.29 is 6.22 Å². The molecule has 0 aliphatic carbocycles. The molecule has 3 heteroatoms. The number of hydrogen-bond acceptors (Lipinski definition) is 2. The molecule has 0 saturated carbocycles. The van der Waals surface area contributed by atoms with Gasteiger partial charge < -0.3 is 5.32 Å². The molecule has 1 heterocycles. The van der Waals surface area contributed by atoms with Crippen molar-refractivity contribution in [1.82, 2.24) is 10.3 Å². The molecule has 1 amide bonds. The van der Waals surface area contributed by atoms with Crippen molar-refractivity contribution in [3.05, 3.63) is 29.6 Å². The van der Waals surface area contributed by atoms with Crippen LogP contribution in [0, 0.1) is 0 Å². The highest BCUT2D eigenvalue weighted by Gasteiger charge is 2.05. The molecule has 0 unspecified atom stereocenters. The Kier molecular flexibility index (Phi) is 3.01. The Balaban J connectivity index is 0.00000169. The summed E-state index contributed by atoms with van der Waals surface area (Å²) in [5.41, 5.74) is 1.70. The molecule has 0 aliphatic heterocycles. The Bertz CT molecular complexity index is 313. The van der Waals surface area contributed by atoms with Crippen LogP contribution in [0.25, 0.3) is 0 Å². The van der Waals surface area contributed by atoms with Gasteiger partial charge in [0.2, 0.25) is 0 Å². The van der Waals surface area contributed by atoms with Crippen LogP contribution in [0.5, 0.6) is 0 Å². The molecule has 1 aromatic heterocycles. The van der Waals surface area contributed by atoms with Crippen molar-refractivity contribution >= 4 is 5.91 Å². The highest BCUT2D eigenvalue weighted by molar-refractivity contribution is 5.93. The Morgan fingerprint density at radius 2 is 2.23 bits per heavy atom. The Morgan fingerprint density at radius 3 is 2.77 bits per heavy atom. The molecule has 0 fully saturated rings. The van der Waals surface area contributed by atoms with Gasteiger partial charge in [-0.1, -0.05) is 13.8 Å². The van der Waals surface area contributed by atoms with Crippen molar-refractivity contribution in [1.29, 1.82) is 0 Å². The molecule has 1 N–H and O–H groups in total. The highest BCUT2D eigenvalue weighted by Crippen LogP contribution is 2.13. The molecule has 0 bridgehead atoms. The number of hydrogen-bond donors (Lipinski definition) is 1. The first kappa shape index (κ1) is 9.71. The van der Waals surface area contributed by atoms with Crippen molar-refractivity contribution in [2.45, 2.75) is 19.8 Å². The third kappa shape index (κ3) is 2.28. The van der Waals surface area contributed by atoms with Gasteiger partial charge >= 0.3 is 0 Å². The summed E-state index contributed by atoms with van der Waals surface area (Å²) < 4.78 is 0. The van der Waals surface area contributed by atoms with E-state index in [1.165, 1.54) is 0 Å². The SMILES string of the molecule is CNC(=O)c1cncc(C(C)C)c1.[HH]. The largest absolute Gasteiger partial charge is 0.355 e. The number of nitrogens with one attached hydrogen (secondary N) is 1. The number of nitrogens with zero attached hydrogens (tertiary/aromatic N) is 1. The maximum absolute atomic E-state index is 11.2. The summed E-state index contributed by atoms with van der Waals surface area (Å²) in [6, 6.07) is 1.87. The van der Waals surface area contributed by atoms with E-state index in [0.717, 1.165) is 5.56 Å². The number of rotatable bonds is 2. The molecule has 0 aromatic carbocycles. The Hall–Kier alpha value is -1.38. The quantitative estimate of drug-likeness (QED) is 0.754. The van der Waals surface area contributed by atoms with E-state index in [0.29, 0.717) is 11.5 Å². The van der Waals surface area contributed by atoms with Crippen LogP contribution in [-0.4, -0.2) is 17.9 Å². The van der Waals surface area contributed by atoms with Gasteiger partial charge in [0.15, 0.2) is 0 Å². The Morgan fingerprint density at radius 1 is 1.54 bits per heavy atom. The van der Waals surface area contributed by atoms with Crippen LogP contribution in [0.2, 0.25) is 0 Å². The fourth-order valence-corrected chi connectivity index (χ4v) is 1.04. The molecule has 0 atom stereocenters. The first-order valence-electron chi connectivity index (χ1n) is 4.32. The minimum Gasteiger partial charge on any atom is -0.355 e. The van der Waals surface area contributed by atoms with Crippen molar-refractivity contribution in [2.24, 2.45) is 0 Å². The smallest absolute Gasteiger partial charge is 0.252 e. The zero-order valence-corrected chi connectivity index (χ0v) is 8.16. The summed E-state index contributed by atoms with van der Waals surface area (Å²) in [5.74, 6) is 0.312. The second-order valence-corrected chi connectivity index (χ2v) is 3.24. The van der Waals surface area contributed by atoms with E-state index in [4.69, 9.17) is 0 Å². The van der Waals surface area contributed by atoms with Gasteiger partial charge in [-0.25, -0.2) is 0 Å². The van der Waals surface area contributed by atoms with Crippen LogP contribution in [0.15, 0.2) is 18.5 Å². The lowest BCUT2D eigenvalue weighted by atomic mass is 10.0. The number of carbonyl (C=O) groups is 1. The average Bonchev–Trinajstić information content (AvgIpc) is 2.17. The summed E-state index contributed by atoms with van der Waals surface area (Å²) in [5, 5.41) is 2.57. The van der Waals surface area contributed by atoms with Crippen LogP contribution in [0.1, 0.15) is 37.1 Å². The third-order valence-electron chi connectivity index (χ3n) is 1.92. The third-order valence-corrected chi connectivity index (χ3v) is 1.92. The lowest BCUT2D eigenvalue weighted by Crippen LogP contribution is -2.18. The van der Waals surface area contributed by atoms with Crippen LogP contribution < -0.4 is 5.32 Å². The zero-order valence-electron chi connectivity index (χ0n) is 8.16. The van der Waals surface area contributed by atoms with E-state index >= 15 is 0 Å². The second-order valence-electron chi connectivity index (χ2n) is 3.24. The van der Waals surface area contributed by atoms with E-state index in [1.54, 1.807) is 19.4 Å². The summed E-state index contributed by atoms with van der Waals surface area (Å²) in [6.45, 7) is 4.15. The number of amides is 1. The predicted molar refractivity (Wildman–Crippen MR) is 53.8 cm³/mol. The standard InChI is InChI=1S/C10H14N2O.H2/c1-7(2)8-4-9(6-12-5-8)10(13)11-3;/h4-7H,1-3H3,(H,11,13);1H. The highest BCUT2D eigenvalue weighted by atomic mass is 16.1. The van der Waals surface area contributed by atoms with Crippen molar-refractivity contribution in [3.8, 4) is 0 Å². The lowest BCUT2D eigenvalue weighted by Gasteiger charge is -2.05. The molecule has 0 saturated heterocycles. The normalized spacial score (nSPS) is 10.2. The molecule has 0 spiro atoms. The van der Waals surface area contributed by atoms with Gasteiger partial charge in [0.05, 0.1) is 5.56 Å². The van der Waals surface area contributed by atoms with Crippen LogP contribution >= 0.6 is 0 Å². The minimum absolute atomic E-state index is 0. The summed E-state index contributed by atoms with van der Waals surface area (Å²) in [6.07, 6.45) is 3.36. The molecular weight excluding hydrogens is 164 g/mol. The van der Waals surface area contributed by atoms with Gasteiger partial charge in [-0.15, -0.1) is 0 Å². The molecule has 72 valence electrons. The fraction of sp³-hybridized carbons (Fsp3) is 0.400. The van der Waals surface area contributed by atoms with E-state index in [-0.39, 0.29) is 7.33 Å². The maximum atomic E-state index is 11.2. The summed E-state index contributed by atoms with van der Waals surface area (Å²) >= 11 is 0. The van der Waals surface area contributed by atoms with Gasteiger partial charge in [0, 0.05) is 20.9 Å². The molecule has 13 heavy (non-hydrogen) atoms. The first-order chi connectivity index (χ1) is 6.15. The van der Waals surface area contributed by atoms with E-state index < -0.39 is 0 Å². The monoisotopic (exact) mass is 180 g/mol. The van der Waals surface area contributed by atoms with E-state index in [1.807, 2.05) is 6.07 Å². The number of pyridine rings is 1. The number of carbonyl (C=O) groups excluding carboxylic acids is 1. The van der Waals surface area contributed by atoms with Gasteiger partial charge in [-0.2, -0.15) is 0 Å². The minimum atomic E-state index is -0.0880. The lowest BCUT2D eigenvalue weighted by molar-refractivity contribution is 0.0962. The van der Waals surface area contributed by atoms with E-state index in [2.05, 4.69) is 24.1 Å². The van der Waals surface area contributed by atoms with Crippen LogP contribution in [-0.2, 0) is 0 Å². The number of aromatic nitrogens is 1. The molecule has 1 rings (SSSR count). The molecule has 1 aromatic rings. The average molecular weight is 180 g/mol. The maximum Gasteiger partial charge on any atom is 0.252 e. The van der Waals surface area contributed by atoms with Crippen molar-refractivity contribution in [2.75, 3.05) is 7.05 Å². The Labute approximate surface area is 79.7 Å². The van der Waals surface area contributed by atoms with Gasteiger partial charge in [0.25, 0.3) is 5.91 Å². The molecular formula is C10H16N2O. The topological polar surface area (TPSA) is 42.0 Å². The predicted octanol–water partition coefficient (Wildman–Crippen LogP) is 1.81. The molecule has 0 aliphatic rings. The fourth-order valence-electron chi connectivity index (χ4n) is 1.04. The van der Waals surface area contributed by atoms with E-state index in [9.17, 15) is 4.79 Å². The van der Waals surface area contributed by atoms with Crippen molar-refractivity contribution in [3.63, 3.8) is 0 Å². The summed E-state index contributed by atoms with van der Waals surface area (Å²) in [4.78, 5) is 15.3. The van der Waals surface area contributed by atoms with Gasteiger partial charge in [-0.3, -0.25) is 9.78 Å². The van der Waals surface area contributed by atoms with Crippen LogP contribution in [0.4, 0.5) is 0 Å². The van der Waals surface area contributed by atoms with Gasteiger partial charge in [0.1, 0.15) is 0 Å². The second kappa shape index (κ2) is 4.03.